The molecule has 5 nitrogen and oxygen atoms in total. The third-order valence-corrected chi connectivity index (χ3v) is 3.01. The highest BCUT2D eigenvalue weighted by Crippen LogP contribution is 2.14. The van der Waals surface area contributed by atoms with Crippen LogP contribution in [0.4, 0.5) is 20.6 Å². The zero-order valence-corrected chi connectivity index (χ0v) is 12.6. The first kappa shape index (κ1) is 16.5. The number of halogens is 1. The first-order valence-electron chi connectivity index (χ1n) is 7.09. The lowest BCUT2D eigenvalue weighted by Crippen LogP contribution is -2.15. The number of rotatable bonds is 5. The van der Waals surface area contributed by atoms with Crippen molar-refractivity contribution in [3.8, 4) is 0 Å². The smallest absolute Gasteiger partial charge is 0.411 e. The maximum atomic E-state index is 13.4. The average Bonchev–Trinajstić information content (AvgIpc) is 2.51. The molecule has 120 valence electrons. The van der Waals surface area contributed by atoms with Gasteiger partial charge in [0.25, 0.3) is 0 Å². The fourth-order valence-electron chi connectivity index (χ4n) is 1.95. The van der Waals surface area contributed by atoms with Crippen LogP contribution >= 0.6 is 0 Å². The van der Waals surface area contributed by atoms with Gasteiger partial charge in [-0.2, -0.15) is 0 Å². The fourth-order valence-corrected chi connectivity index (χ4v) is 1.95. The van der Waals surface area contributed by atoms with Crippen molar-refractivity contribution in [2.45, 2.75) is 13.3 Å². The molecule has 0 aliphatic rings. The molecule has 2 N–H and O–H groups in total. The summed E-state index contributed by atoms with van der Waals surface area (Å²) in [5.41, 5.74) is 1.67. The highest BCUT2D eigenvalue weighted by Gasteiger charge is 2.05. The van der Waals surface area contributed by atoms with E-state index in [9.17, 15) is 14.0 Å². The molecule has 0 bridgehead atoms. The SMILES string of the molecule is CC(=O)Nc1ccc(NC(=O)OCCc2ccccc2F)cc1. The Balaban J connectivity index is 1.78. The standard InChI is InChI=1S/C17H17FN2O3/c1-12(21)19-14-6-8-15(9-7-14)20-17(22)23-11-10-13-4-2-3-5-16(13)18/h2-9H,10-11H2,1H3,(H,19,21)(H,20,22). The molecular formula is C17H17FN2O3. The third kappa shape index (κ3) is 5.43. The molecule has 23 heavy (non-hydrogen) atoms. The van der Waals surface area contributed by atoms with E-state index in [1.54, 1.807) is 42.5 Å². The summed E-state index contributed by atoms with van der Waals surface area (Å²) >= 11 is 0. The maximum absolute atomic E-state index is 13.4. The van der Waals surface area contributed by atoms with Gasteiger partial charge in [-0.3, -0.25) is 10.1 Å². The van der Waals surface area contributed by atoms with E-state index in [-0.39, 0.29) is 18.3 Å². The molecule has 0 unspecified atom stereocenters. The number of hydrogen-bond donors (Lipinski definition) is 2. The number of ether oxygens (including phenoxy) is 1. The summed E-state index contributed by atoms with van der Waals surface area (Å²) in [5, 5.41) is 5.18. The van der Waals surface area contributed by atoms with Crippen LogP contribution < -0.4 is 10.6 Å². The van der Waals surface area contributed by atoms with E-state index in [4.69, 9.17) is 4.74 Å². The predicted molar refractivity (Wildman–Crippen MR) is 85.8 cm³/mol. The summed E-state index contributed by atoms with van der Waals surface area (Å²) in [6.07, 6.45) is -0.310. The number of carbonyl (C=O) groups is 2. The Morgan fingerprint density at radius 3 is 2.22 bits per heavy atom. The van der Waals surface area contributed by atoms with E-state index in [2.05, 4.69) is 10.6 Å². The lowest BCUT2D eigenvalue weighted by Gasteiger charge is -2.08. The minimum atomic E-state index is -0.617. The molecule has 0 saturated carbocycles. The molecule has 0 heterocycles. The van der Waals surface area contributed by atoms with Crippen LogP contribution in [0.25, 0.3) is 0 Å². The second-order valence-electron chi connectivity index (χ2n) is 4.86. The summed E-state index contributed by atoms with van der Waals surface area (Å²) in [6.45, 7) is 1.50. The molecule has 0 atom stereocenters. The Kier molecular flexibility index (Phi) is 5.68. The number of benzene rings is 2. The Morgan fingerprint density at radius 2 is 1.61 bits per heavy atom. The lowest BCUT2D eigenvalue weighted by molar-refractivity contribution is -0.114. The molecule has 2 aromatic rings. The highest BCUT2D eigenvalue weighted by molar-refractivity contribution is 5.89. The molecule has 0 aliphatic carbocycles. The van der Waals surface area contributed by atoms with Gasteiger partial charge in [-0.05, 0) is 35.9 Å². The van der Waals surface area contributed by atoms with E-state index in [1.165, 1.54) is 13.0 Å². The van der Waals surface area contributed by atoms with Crippen LogP contribution in [0.3, 0.4) is 0 Å². The van der Waals surface area contributed by atoms with Gasteiger partial charge in [0, 0.05) is 24.7 Å². The molecule has 0 radical (unpaired) electrons. The number of nitrogens with one attached hydrogen (secondary N) is 2. The predicted octanol–water partition coefficient (Wildman–Crippen LogP) is 3.58. The first-order chi connectivity index (χ1) is 11.0. The molecule has 6 heteroatoms. The van der Waals surface area contributed by atoms with Crippen LogP contribution in [0.5, 0.6) is 0 Å². The summed E-state index contributed by atoms with van der Waals surface area (Å²) in [6, 6.07) is 13.0. The van der Waals surface area contributed by atoms with Crippen molar-refractivity contribution in [3.05, 3.63) is 59.9 Å². The molecule has 0 saturated heterocycles. The minimum absolute atomic E-state index is 0.0801. The molecule has 0 fully saturated rings. The van der Waals surface area contributed by atoms with Gasteiger partial charge in [0.05, 0.1) is 6.61 Å². The monoisotopic (exact) mass is 316 g/mol. The summed E-state index contributed by atoms with van der Waals surface area (Å²) in [5.74, 6) is -0.483. The molecule has 2 aromatic carbocycles. The molecule has 0 spiro atoms. The second kappa shape index (κ2) is 7.93. The third-order valence-electron chi connectivity index (χ3n) is 3.01. The van der Waals surface area contributed by atoms with Crippen LogP contribution in [-0.2, 0) is 16.0 Å². The average molecular weight is 316 g/mol. The van der Waals surface area contributed by atoms with E-state index in [0.29, 0.717) is 23.4 Å². The molecular weight excluding hydrogens is 299 g/mol. The molecule has 2 rings (SSSR count). The summed E-state index contributed by atoms with van der Waals surface area (Å²) < 4.78 is 18.4. The van der Waals surface area contributed by atoms with E-state index < -0.39 is 6.09 Å². The van der Waals surface area contributed by atoms with Crippen LogP contribution in [0.15, 0.2) is 48.5 Å². The number of carbonyl (C=O) groups excluding carboxylic acids is 2. The van der Waals surface area contributed by atoms with Crippen molar-refractivity contribution >= 4 is 23.4 Å². The van der Waals surface area contributed by atoms with Gasteiger partial charge < -0.3 is 10.1 Å². The van der Waals surface area contributed by atoms with Gasteiger partial charge in [-0.15, -0.1) is 0 Å². The Hall–Kier alpha value is -2.89. The lowest BCUT2D eigenvalue weighted by atomic mass is 10.1. The zero-order chi connectivity index (χ0) is 16.7. The van der Waals surface area contributed by atoms with Crippen molar-refractivity contribution in [2.75, 3.05) is 17.2 Å². The topological polar surface area (TPSA) is 67.4 Å². The van der Waals surface area contributed by atoms with Gasteiger partial charge in [-0.1, -0.05) is 18.2 Å². The Bertz CT molecular complexity index is 686. The van der Waals surface area contributed by atoms with Crippen molar-refractivity contribution in [2.24, 2.45) is 0 Å². The Morgan fingerprint density at radius 1 is 1.00 bits per heavy atom. The molecule has 2 amide bonds. The normalized spacial score (nSPS) is 10.0. The van der Waals surface area contributed by atoms with Gasteiger partial charge >= 0.3 is 6.09 Å². The van der Waals surface area contributed by atoms with Crippen molar-refractivity contribution in [1.29, 1.82) is 0 Å². The Labute approximate surface area is 133 Å². The number of amides is 2. The van der Waals surface area contributed by atoms with E-state index >= 15 is 0 Å². The van der Waals surface area contributed by atoms with Crippen molar-refractivity contribution in [1.82, 2.24) is 0 Å². The van der Waals surface area contributed by atoms with Crippen LogP contribution in [0.1, 0.15) is 12.5 Å². The van der Waals surface area contributed by atoms with Crippen LogP contribution in [0.2, 0.25) is 0 Å². The van der Waals surface area contributed by atoms with Gasteiger partial charge in [-0.25, -0.2) is 9.18 Å². The maximum Gasteiger partial charge on any atom is 0.411 e. The second-order valence-corrected chi connectivity index (χ2v) is 4.86. The number of hydrogen-bond acceptors (Lipinski definition) is 3. The number of anilines is 2. The van der Waals surface area contributed by atoms with Gasteiger partial charge in [0.1, 0.15) is 5.82 Å². The van der Waals surface area contributed by atoms with Crippen LogP contribution in [-0.4, -0.2) is 18.6 Å². The summed E-state index contributed by atoms with van der Waals surface area (Å²) in [7, 11) is 0. The van der Waals surface area contributed by atoms with E-state index in [1.807, 2.05) is 0 Å². The van der Waals surface area contributed by atoms with Gasteiger partial charge in [0.15, 0.2) is 0 Å². The van der Waals surface area contributed by atoms with Gasteiger partial charge in [0.2, 0.25) is 5.91 Å². The van der Waals surface area contributed by atoms with Crippen molar-refractivity contribution in [3.63, 3.8) is 0 Å². The summed E-state index contributed by atoms with van der Waals surface area (Å²) in [4.78, 5) is 22.6. The zero-order valence-electron chi connectivity index (χ0n) is 12.6. The fraction of sp³-hybridized carbons (Fsp3) is 0.176. The van der Waals surface area contributed by atoms with Crippen molar-refractivity contribution < 1.29 is 18.7 Å². The molecule has 0 aliphatic heterocycles. The highest BCUT2D eigenvalue weighted by atomic mass is 19.1. The van der Waals surface area contributed by atoms with Crippen LogP contribution in [0, 0.1) is 5.82 Å². The quantitative estimate of drug-likeness (QED) is 0.886. The van der Waals surface area contributed by atoms with E-state index in [0.717, 1.165) is 0 Å². The largest absolute Gasteiger partial charge is 0.449 e. The molecule has 0 aromatic heterocycles. The first-order valence-corrected chi connectivity index (χ1v) is 7.09. The minimum Gasteiger partial charge on any atom is -0.449 e.